The molecule has 0 aromatic heterocycles. The maximum atomic E-state index is 12.6. The third-order valence-corrected chi connectivity index (χ3v) is 5.95. The van der Waals surface area contributed by atoms with E-state index in [2.05, 4.69) is 0 Å². The summed E-state index contributed by atoms with van der Waals surface area (Å²) in [5.41, 5.74) is -0.267. The minimum Gasteiger partial charge on any atom is -0.395 e. The number of rotatable bonds is 6. The summed E-state index contributed by atoms with van der Waals surface area (Å²) in [7, 11) is -3.88. The first-order valence-corrected chi connectivity index (χ1v) is 8.26. The molecule has 0 heterocycles. The topological polar surface area (TPSA) is 101 Å². The molecule has 0 radical (unpaired) electrons. The Morgan fingerprint density at radius 3 is 2.52 bits per heavy atom. The summed E-state index contributed by atoms with van der Waals surface area (Å²) in [6.07, 6.45) is 2.42. The zero-order chi connectivity index (χ0) is 15.6. The van der Waals surface area contributed by atoms with Crippen molar-refractivity contribution in [2.24, 2.45) is 0 Å². The molecule has 0 saturated heterocycles. The van der Waals surface area contributed by atoms with Crippen molar-refractivity contribution in [2.45, 2.75) is 30.2 Å². The minimum absolute atomic E-state index is 0.0136. The Morgan fingerprint density at radius 2 is 2.10 bits per heavy atom. The minimum atomic E-state index is -3.88. The highest BCUT2D eigenvalue weighted by molar-refractivity contribution is 7.89. The Labute approximate surface area is 127 Å². The highest BCUT2D eigenvalue weighted by Crippen LogP contribution is 2.33. The molecule has 2 rings (SSSR count). The van der Waals surface area contributed by atoms with Crippen LogP contribution in [0.3, 0.4) is 0 Å². The molecule has 21 heavy (non-hydrogen) atoms. The van der Waals surface area contributed by atoms with E-state index in [1.54, 1.807) is 0 Å². The highest BCUT2D eigenvalue weighted by Gasteiger charge is 2.35. The standard InChI is InChI=1S/C12H15ClN2O5S/c13-11-8-10(15(17)18)4-5-12(11)21(19,20)14(6-7-16)9-2-1-3-9/h4-5,8-9,16H,1-3,6-7H2. The van der Waals surface area contributed by atoms with E-state index < -0.39 is 14.9 Å². The van der Waals surface area contributed by atoms with Gasteiger partial charge in [0.1, 0.15) is 4.90 Å². The fourth-order valence-corrected chi connectivity index (χ4v) is 4.40. The van der Waals surface area contributed by atoms with E-state index in [0.717, 1.165) is 37.5 Å². The van der Waals surface area contributed by atoms with Crippen LogP contribution in [0.15, 0.2) is 23.1 Å². The molecule has 0 bridgehead atoms. The Hall–Kier alpha value is -1.22. The van der Waals surface area contributed by atoms with E-state index in [1.807, 2.05) is 0 Å². The van der Waals surface area contributed by atoms with E-state index >= 15 is 0 Å². The van der Waals surface area contributed by atoms with Gasteiger partial charge in [0.2, 0.25) is 10.0 Å². The molecule has 1 aliphatic rings. The van der Waals surface area contributed by atoms with Gasteiger partial charge in [0.25, 0.3) is 5.69 Å². The quantitative estimate of drug-likeness (QED) is 0.631. The van der Waals surface area contributed by atoms with Crippen LogP contribution in [0.25, 0.3) is 0 Å². The molecule has 1 aromatic rings. The Kier molecular flexibility index (Phi) is 4.82. The van der Waals surface area contributed by atoms with Gasteiger partial charge in [0, 0.05) is 24.7 Å². The predicted octanol–water partition coefficient (Wildman–Crippen LogP) is 1.78. The van der Waals surface area contributed by atoms with E-state index in [1.165, 1.54) is 4.31 Å². The molecular weight excluding hydrogens is 320 g/mol. The zero-order valence-electron chi connectivity index (χ0n) is 11.1. The molecule has 116 valence electrons. The third-order valence-electron chi connectivity index (χ3n) is 3.52. The molecule has 0 amide bonds. The van der Waals surface area contributed by atoms with Gasteiger partial charge in [-0.3, -0.25) is 10.1 Å². The van der Waals surface area contributed by atoms with Gasteiger partial charge in [-0.05, 0) is 18.9 Å². The normalized spacial score (nSPS) is 16.0. The number of non-ortho nitro benzene ring substituents is 1. The van der Waals surface area contributed by atoms with Crippen molar-refractivity contribution >= 4 is 27.3 Å². The highest BCUT2D eigenvalue weighted by atomic mass is 35.5. The van der Waals surface area contributed by atoms with Crippen LogP contribution in [0.2, 0.25) is 5.02 Å². The van der Waals surface area contributed by atoms with Crippen molar-refractivity contribution in [2.75, 3.05) is 13.2 Å². The lowest BCUT2D eigenvalue weighted by Gasteiger charge is -2.36. The molecule has 9 heteroatoms. The number of nitro groups is 1. The molecular formula is C12H15ClN2O5S. The van der Waals surface area contributed by atoms with Crippen LogP contribution in [-0.2, 0) is 10.0 Å². The van der Waals surface area contributed by atoms with E-state index in [-0.39, 0.29) is 34.8 Å². The fourth-order valence-electron chi connectivity index (χ4n) is 2.21. The van der Waals surface area contributed by atoms with Crippen molar-refractivity contribution in [1.29, 1.82) is 0 Å². The van der Waals surface area contributed by atoms with Gasteiger partial charge in [-0.1, -0.05) is 18.0 Å². The zero-order valence-corrected chi connectivity index (χ0v) is 12.7. The lowest BCUT2D eigenvalue weighted by Crippen LogP contribution is -2.45. The van der Waals surface area contributed by atoms with E-state index in [0.29, 0.717) is 0 Å². The molecule has 1 aromatic carbocycles. The third kappa shape index (κ3) is 3.18. The van der Waals surface area contributed by atoms with Gasteiger partial charge in [0.15, 0.2) is 0 Å². The van der Waals surface area contributed by atoms with Crippen LogP contribution in [0, 0.1) is 10.1 Å². The van der Waals surface area contributed by atoms with Crippen LogP contribution in [0.5, 0.6) is 0 Å². The van der Waals surface area contributed by atoms with Crippen molar-refractivity contribution in [1.82, 2.24) is 4.31 Å². The molecule has 1 saturated carbocycles. The maximum absolute atomic E-state index is 12.6. The van der Waals surface area contributed by atoms with Gasteiger partial charge in [-0.15, -0.1) is 0 Å². The second-order valence-electron chi connectivity index (χ2n) is 4.80. The summed E-state index contributed by atoms with van der Waals surface area (Å²) in [6.45, 7) is -0.305. The fraction of sp³-hybridized carbons (Fsp3) is 0.500. The maximum Gasteiger partial charge on any atom is 0.271 e. The Morgan fingerprint density at radius 1 is 1.43 bits per heavy atom. The van der Waals surface area contributed by atoms with Crippen LogP contribution in [0.1, 0.15) is 19.3 Å². The molecule has 7 nitrogen and oxygen atoms in total. The van der Waals surface area contributed by atoms with Crippen LogP contribution in [-0.4, -0.2) is 41.9 Å². The number of hydrogen-bond donors (Lipinski definition) is 1. The molecule has 1 N–H and O–H groups in total. The summed E-state index contributed by atoms with van der Waals surface area (Å²) in [5, 5.41) is 19.6. The summed E-state index contributed by atoms with van der Waals surface area (Å²) in [5.74, 6) is 0. The van der Waals surface area contributed by atoms with Crippen molar-refractivity contribution in [3.05, 3.63) is 33.3 Å². The van der Waals surface area contributed by atoms with Crippen LogP contribution in [0.4, 0.5) is 5.69 Å². The van der Waals surface area contributed by atoms with E-state index in [9.17, 15) is 18.5 Å². The molecule has 1 fully saturated rings. The first kappa shape index (κ1) is 16.2. The number of nitro benzene ring substituents is 1. The number of aliphatic hydroxyl groups is 1. The van der Waals surface area contributed by atoms with Crippen LogP contribution < -0.4 is 0 Å². The van der Waals surface area contributed by atoms with Gasteiger partial charge < -0.3 is 5.11 Å². The second kappa shape index (κ2) is 6.27. The monoisotopic (exact) mass is 334 g/mol. The summed E-state index contributed by atoms with van der Waals surface area (Å²) in [4.78, 5) is 9.86. The van der Waals surface area contributed by atoms with Crippen molar-refractivity contribution in [3.8, 4) is 0 Å². The van der Waals surface area contributed by atoms with Crippen LogP contribution >= 0.6 is 11.6 Å². The lowest BCUT2D eigenvalue weighted by atomic mass is 9.93. The molecule has 0 aliphatic heterocycles. The number of nitrogens with zero attached hydrogens (tertiary/aromatic N) is 2. The number of sulfonamides is 1. The van der Waals surface area contributed by atoms with Crippen molar-refractivity contribution in [3.63, 3.8) is 0 Å². The number of halogens is 1. The summed E-state index contributed by atoms with van der Waals surface area (Å²) >= 11 is 5.90. The average molecular weight is 335 g/mol. The van der Waals surface area contributed by atoms with Gasteiger partial charge in [-0.25, -0.2) is 8.42 Å². The Balaban J connectivity index is 2.39. The molecule has 0 unspecified atom stereocenters. The number of benzene rings is 1. The molecule has 0 spiro atoms. The number of aliphatic hydroxyl groups excluding tert-OH is 1. The first-order chi connectivity index (χ1) is 9.87. The summed E-state index contributed by atoms with van der Waals surface area (Å²) in [6, 6.07) is 3.12. The van der Waals surface area contributed by atoms with Gasteiger partial charge in [-0.2, -0.15) is 4.31 Å². The van der Waals surface area contributed by atoms with Gasteiger partial charge >= 0.3 is 0 Å². The van der Waals surface area contributed by atoms with Crippen molar-refractivity contribution < 1.29 is 18.4 Å². The lowest BCUT2D eigenvalue weighted by molar-refractivity contribution is -0.384. The smallest absolute Gasteiger partial charge is 0.271 e. The second-order valence-corrected chi connectivity index (χ2v) is 7.06. The predicted molar refractivity (Wildman–Crippen MR) is 76.7 cm³/mol. The largest absolute Gasteiger partial charge is 0.395 e. The SMILES string of the molecule is O=[N+]([O-])c1ccc(S(=O)(=O)N(CCO)C2CCC2)c(Cl)c1. The molecule has 1 aliphatic carbocycles. The summed E-state index contributed by atoms with van der Waals surface area (Å²) < 4.78 is 26.5. The number of hydrogen-bond acceptors (Lipinski definition) is 5. The molecule has 0 atom stereocenters. The van der Waals surface area contributed by atoms with E-state index in [4.69, 9.17) is 16.7 Å². The average Bonchev–Trinajstić information content (AvgIpc) is 2.35. The van der Waals surface area contributed by atoms with Gasteiger partial charge in [0.05, 0.1) is 16.6 Å². The first-order valence-electron chi connectivity index (χ1n) is 6.44. The Bertz CT molecular complexity index is 645.